The summed E-state index contributed by atoms with van der Waals surface area (Å²) < 4.78 is 0. The van der Waals surface area contributed by atoms with Gasteiger partial charge in [-0.15, -0.1) is 0 Å². The van der Waals surface area contributed by atoms with Gasteiger partial charge in [-0.05, 0) is 12.8 Å². The summed E-state index contributed by atoms with van der Waals surface area (Å²) in [5, 5.41) is 14.7. The molecule has 7 nitrogen and oxygen atoms in total. The molecule has 0 saturated heterocycles. The van der Waals surface area contributed by atoms with E-state index in [1.54, 1.807) is 12.5 Å². The predicted octanol–water partition coefficient (Wildman–Crippen LogP) is 0.896. The first kappa shape index (κ1) is 14.4. The van der Waals surface area contributed by atoms with E-state index in [2.05, 4.69) is 20.6 Å². The van der Waals surface area contributed by atoms with Gasteiger partial charge < -0.3 is 20.7 Å². The molecule has 0 aromatic carbocycles. The molecule has 1 aliphatic carbocycles. The Hall–Kier alpha value is -2.05. The zero-order valence-electron chi connectivity index (χ0n) is 11.3. The molecule has 0 aliphatic heterocycles. The number of aromatic amines is 1. The SMILES string of the molecule is O=C(NCCc1cnc[nH]1)NCC1(C(=O)O)CCCC1. The Morgan fingerprint density at radius 2 is 2.10 bits per heavy atom. The summed E-state index contributed by atoms with van der Waals surface area (Å²) in [6, 6.07) is -0.322. The zero-order valence-corrected chi connectivity index (χ0v) is 11.3. The number of imidazole rings is 1. The number of carbonyl (C=O) groups excluding carboxylic acids is 1. The van der Waals surface area contributed by atoms with E-state index in [0.717, 1.165) is 18.5 Å². The number of aliphatic carboxylic acids is 1. The number of aromatic nitrogens is 2. The maximum Gasteiger partial charge on any atom is 0.314 e. The predicted molar refractivity (Wildman–Crippen MR) is 72.2 cm³/mol. The molecule has 1 aromatic heterocycles. The van der Waals surface area contributed by atoms with Gasteiger partial charge in [0.2, 0.25) is 0 Å². The summed E-state index contributed by atoms with van der Waals surface area (Å²) in [5.74, 6) is -0.812. The van der Waals surface area contributed by atoms with Crippen molar-refractivity contribution in [3.63, 3.8) is 0 Å². The Morgan fingerprint density at radius 1 is 1.35 bits per heavy atom. The van der Waals surface area contributed by atoms with Crippen LogP contribution < -0.4 is 10.6 Å². The summed E-state index contributed by atoms with van der Waals surface area (Å²) in [4.78, 5) is 29.8. The highest BCUT2D eigenvalue weighted by atomic mass is 16.4. The minimum atomic E-state index is -0.812. The summed E-state index contributed by atoms with van der Waals surface area (Å²) >= 11 is 0. The van der Waals surface area contributed by atoms with Gasteiger partial charge in [-0.1, -0.05) is 12.8 Å². The largest absolute Gasteiger partial charge is 0.481 e. The van der Waals surface area contributed by atoms with Gasteiger partial charge in [0.15, 0.2) is 0 Å². The van der Waals surface area contributed by atoms with Gasteiger partial charge in [-0.3, -0.25) is 4.79 Å². The second kappa shape index (κ2) is 6.40. The van der Waals surface area contributed by atoms with Gasteiger partial charge in [0.25, 0.3) is 0 Å². The molecule has 2 amide bonds. The number of rotatable bonds is 6. The van der Waals surface area contributed by atoms with Crippen molar-refractivity contribution in [3.8, 4) is 0 Å². The summed E-state index contributed by atoms with van der Waals surface area (Å²) in [6.45, 7) is 0.673. The second-order valence-corrected chi connectivity index (χ2v) is 5.23. The van der Waals surface area contributed by atoms with Crippen LogP contribution in [0.4, 0.5) is 4.79 Å². The Kier molecular flexibility index (Phi) is 4.60. The number of nitrogens with one attached hydrogen (secondary N) is 3. The molecule has 0 spiro atoms. The Balaban J connectivity index is 1.70. The van der Waals surface area contributed by atoms with Crippen LogP contribution in [0.25, 0.3) is 0 Å². The van der Waals surface area contributed by atoms with Gasteiger partial charge in [0.1, 0.15) is 0 Å². The molecule has 1 saturated carbocycles. The van der Waals surface area contributed by atoms with E-state index < -0.39 is 11.4 Å². The topological polar surface area (TPSA) is 107 Å². The van der Waals surface area contributed by atoms with Crippen molar-refractivity contribution in [2.75, 3.05) is 13.1 Å². The summed E-state index contributed by atoms with van der Waals surface area (Å²) in [7, 11) is 0. The molecular formula is C13H20N4O3. The van der Waals surface area contributed by atoms with Crippen molar-refractivity contribution in [1.29, 1.82) is 0 Å². The Bertz CT molecular complexity index is 452. The highest BCUT2D eigenvalue weighted by Crippen LogP contribution is 2.37. The van der Waals surface area contributed by atoms with E-state index in [0.29, 0.717) is 25.8 Å². The average molecular weight is 280 g/mol. The molecular weight excluding hydrogens is 260 g/mol. The van der Waals surface area contributed by atoms with Gasteiger partial charge in [0.05, 0.1) is 11.7 Å². The van der Waals surface area contributed by atoms with E-state index in [1.165, 1.54) is 0 Å². The molecule has 0 unspecified atom stereocenters. The van der Waals surface area contributed by atoms with Crippen molar-refractivity contribution < 1.29 is 14.7 Å². The standard InChI is InChI=1S/C13H20N4O3/c18-11(19)13(4-1-2-5-13)8-16-12(20)15-6-3-10-7-14-9-17-10/h7,9H,1-6,8H2,(H,14,17)(H,18,19)(H2,15,16,20). The molecule has 0 atom stereocenters. The van der Waals surface area contributed by atoms with Crippen LogP contribution in [0.1, 0.15) is 31.4 Å². The van der Waals surface area contributed by atoms with E-state index >= 15 is 0 Å². The Morgan fingerprint density at radius 3 is 2.70 bits per heavy atom. The first-order chi connectivity index (χ1) is 9.62. The van der Waals surface area contributed by atoms with Gasteiger partial charge in [0, 0.05) is 31.4 Å². The number of hydrogen-bond acceptors (Lipinski definition) is 3. The fourth-order valence-corrected chi connectivity index (χ4v) is 2.56. The molecule has 4 N–H and O–H groups in total. The minimum absolute atomic E-state index is 0.193. The molecule has 1 aromatic rings. The third-order valence-electron chi connectivity index (χ3n) is 3.84. The van der Waals surface area contributed by atoms with Crippen LogP contribution >= 0.6 is 0 Å². The first-order valence-corrected chi connectivity index (χ1v) is 6.85. The third-order valence-corrected chi connectivity index (χ3v) is 3.84. The van der Waals surface area contributed by atoms with Crippen LogP contribution in [0.3, 0.4) is 0 Å². The fraction of sp³-hybridized carbons (Fsp3) is 0.615. The van der Waals surface area contributed by atoms with Gasteiger partial charge >= 0.3 is 12.0 Å². The molecule has 1 fully saturated rings. The number of nitrogens with zero attached hydrogens (tertiary/aromatic N) is 1. The monoisotopic (exact) mass is 280 g/mol. The number of carbonyl (C=O) groups is 2. The molecule has 110 valence electrons. The van der Waals surface area contributed by atoms with Crippen molar-refractivity contribution >= 4 is 12.0 Å². The minimum Gasteiger partial charge on any atom is -0.481 e. The summed E-state index contributed by atoms with van der Waals surface area (Å²) in [5.41, 5.74) is 0.170. The molecule has 0 bridgehead atoms. The molecule has 2 rings (SSSR count). The van der Waals surface area contributed by atoms with Crippen molar-refractivity contribution in [1.82, 2.24) is 20.6 Å². The van der Waals surface area contributed by atoms with Gasteiger partial charge in [-0.2, -0.15) is 0 Å². The van der Waals surface area contributed by atoms with E-state index in [-0.39, 0.29) is 12.6 Å². The maximum absolute atomic E-state index is 11.7. The van der Waals surface area contributed by atoms with Crippen LogP contribution in [0, 0.1) is 5.41 Å². The number of carboxylic acids is 1. The van der Waals surface area contributed by atoms with Crippen LogP contribution in [0.2, 0.25) is 0 Å². The average Bonchev–Trinajstić information content (AvgIpc) is 3.08. The third kappa shape index (κ3) is 3.49. The number of amides is 2. The smallest absolute Gasteiger partial charge is 0.314 e. The number of urea groups is 1. The van der Waals surface area contributed by atoms with Crippen molar-refractivity contribution in [2.45, 2.75) is 32.1 Å². The normalized spacial score (nSPS) is 16.8. The molecule has 7 heteroatoms. The lowest BCUT2D eigenvalue weighted by Crippen LogP contribution is -2.45. The quantitative estimate of drug-likeness (QED) is 0.621. The van der Waals surface area contributed by atoms with Crippen molar-refractivity contribution in [3.05, 3.63) is 18.2 Å². The number of hydrogen-bond donors (Lipinski definition) is 4. The number of H-pyrrole nitrogens is 1. The maximum atomic E-state index is 11.7. The van der Waals surface area contributed by atoms with Crippen molar-refractivity contribution in [2.24, 2.45) is 5.41 Å². The summed E-state index contributed by atoms with van der Waals surface area (Å²) in [6.07, 6.45) is 7.06. The lowest BCUT2D eigenvalue weighted by atomic mass is 9.86. The zero-order chi connectivity index (χ0) is 14.4. The van der Waals surface area contributed by atoms with Crippen LogP contribution in [0.5, 0.6) is 0 Å². The fourth-order valence-electron chi connectivity index (χ4n) is 2.56. The van der Waals surface area contributed by atoms with Gasteiger partial charge in [-0.25, -0.2) is 9.78 Å². The second-order valence-electron chi connectivity index (χ2n) is 5.23. The van der Waals surface area contributed by atoms with Crippen LogP contribution in [-0.4, -0.2) is 40.2 Å². The lowest BCUT2D eigenvalue weighted by molar-refractivity contribution is -0.148. The van der Waals surface area contributed by atoms with E-state index in [9.17, 15) is 14.7 Å². The molecule has 1 heterocycles. The Labute approximate surface area is 117 Å². The number of carboxylic acid groups (broad SMARTS) is 1. The molecule has 0 radical (unpaired) electrons. The van der Waals surface area contributed by atoms with E-state index in [4.69, 9.17) is 0 Å². The molecule has 20 heavy (non-hydrogen) atoms. The molecule has 1 aliphatic rings. The lowest BCUT2D eigenvalue weighted by Gasteiger charge is -2.23. The highest BCUT2D eigenvalue weighted by Gasteiger charge is 2.41. The van der Waals surface area contributed by atoms with E-state index in [1.807, 2.05) is 0 Å². The van der Waals surface area contributed by atoms with Crippen LogP contribution in [0.15, 0.2) is 12.5 Å². The first-order valence-electron chi connectivity index (χ1n) is 6.85. The highest BCUT2D eigenvalue weighted by molar-refractivity contribution is 5.78. The van der Waals surface area contributed by atoms with Crippen LogP contribution in [-0.2, 0) is 11.2 Å².